The van der Waals surface area contributed by atoms with Crippen LogP contribution in [0.25, 0.3) is 0 Å². The minimum Gasteiger partial charge on any atom is -0.330 e. The molecule has 0 radical (unpaired) electrons. The fourth-order valence-corrected chi connectivity index (χ4v) is 3.00. The number of halogens is 1. The van der Waals surface area contributed by atoms with E-state index >= 15 is 0 Å². The molecule has 0 unspecified atom stereocenters. The summed E-state index contributed by atoms with van der Waals surface area (Å²) in [5, 5.41) is 3.03. The van der Waals surface area contributed by atoms with Crippen LogP contribution >= 0.6 is 15.9 Å². The van der Waals surface area contributed by atoms with Crippen LogP contribution in [0.1, 0.15) is 24.8 Å². The molecule has 0 aromatic heterocycles. The molecule has 1 aliphatic carbocycles. The Morgan fingerprint density at radius 2 is 2.28 bits per heavy atom. The van der Waals surface area contributed by atoms with Gasteiger partial charge in [0.1, 0.15) is 0 Å². The van der Waals surface area contributed by atoms with E-state index in [-0.39, 0.29) is 11.8 Å². The molecule has 1 aliphatic rings. The van der Waals surface area contributed by atoms with Crippen molar-refractivity contribution in [3.05, 3.63) is 28.2 Å². The quantitative estimate of drug-likeness (QED) is 0.901. The molecule has 4 heteroatoms. The summed E-state index contributed by atoms with van der Waals surface area (Å²) in [6.45, 7) is 2.60. The highest BCUT2D eigenvalue weighted by molar-refractivity contribution is 9.10. The maximum atomic E-state index is 12.3. The zero-order valence-electron chi connectivity index (χ0n) is 10.6. The number of carbonyl (C=O) groups is 1. The Balaban J connectivity index is 2.09. The summed E-state index contributed by atoms with van der Waals surface area (Å²) in [6, 6.07) is 5.84. The number of rotatable bonds is 3. The van der Waals surface area contributed by atoms with Gasteiger partial charge in [-0.3, -0.25) is 4.79 Å². The fraction of sp³-hybridized carbons (Fsp3) is 0.500. The molecule has 1 aromatic carbocycles. The Morgan fingerprint density at radius 1 is 1.50 bits per heavy atom. The molecule has 3 nitrogen and oxygen atoms in total. The van der Waals surface area contributed by atoms with Crippen molar-refractivity contribution < 1.29 is 4.79 Å². The first-order chi connectivity index (χ1) is 8.63. The van der Waals surface area contributed by atoms with E-state index in [9.17, 15) is 4.79 Å². The van der Waals surface area contributed by atoms with Crippen molar-refractivity contribution in [1.29, 1.82) is 0 Å². The smallest absolute Gasteiger partial charge is 0.227 e. The summed E-state index contributed by atoms with van der Waals surface area (Å²) in [4.78, 5) is 12.3. The van der Waals surface area contributed by atoms with Gasteiger partial charge in [-0.2, -0.15) is 0 Å². The van der Waals surface area contributed by atoms with Gasteiger partial charge in [-0.1, -0.05) is 28.4 Å². The molecule has 98 valence electrons. The third-order valence-electron chi connectivity index (χ3n) is 3.82. The monoisotopic (exact) mass is 310 g/mol. The van der Waals surface area contributed by atoms with Gasteiger partial charge in [-0.25, -0.2) is 0 Å². The summed E-state index contributed by atoms with van der Waals surface area (Å²) in [5.74, 6) is 0.537. The lowest BCUT2D eigenvalue weighted by Crippen LogP contribution is -2.29. The van der Waals surface area contributed by atoms with Crippen LogP contribution in [-0.4, -0.2) is 12.5 Å². The van der Waals surface area contributed by atoms with E-state index in [2.05, 4.69) is 21.2 Å². The van der Waals surface area contributed by atoms with Crippen molar-refractivity contribution in [2.75, 3.05) is 11.9 Å². The molecule has 2 atom stereocenters. The Labute approximate surface area is 116 Å². The van der Waals surface area contributed by atoms with Gasteiger partial charge in [0.05, 0.1) is 0 Å². The van der Waals surface area contributed by atoms with Crippen LogP contribution in [0.3, 0.4) is 0 Å². The number of amides is 1. The number of hydrogen-bond acceptors (Lipinski definition) is 2. The molecule has 1 amide bonds. The van der Waals surface area contributed by atoms with E-state index in [0.717, 1.165) is 35.0 Å². The molecular formula is C14H19BrN2O. The van der Waals surface area contributed by atoms with Crippen LogP contribution in [0.4, 0.5) is 5.69 Å². The highest BCUT2D eigenvalue weighted by Gasteiger charge is 2.32. The van der Waals surface area contributed by atoms with Crippen LogP contribution < -0.4 is 11.1 Å². The molecule has 1 aromatic rings. The highest BCUT2D eigenvalue weighted by Crippen LogP contribution is 2.32. The number of hydrogen-bond donors (Lipinski definition) is 2. The molecular weight excluding hydrogens is 292 g/mol. The summed E-state index contributed by atoms with van der Waals surface area (Å²) >= 11 is 3.47. The minimum atomic E-state index is 0.0772. The minimum absolute atomic E-state index is 0.0772. The lowest BCUT2D eigenvalue weighted by molar-refractivity contribution is -0.120. The third-order valence-corrected chi connectivity index (χ3v) is 4.68. The average molecular weight is 311 g/mol. The molecule has 1 fully saturated rings. The second kappa shape index (κ2) is 5.85. The van der Waals surface area contributed by atoms with Crippen molar-refractivity contribution in [3.63, 3.8) is 0 Å². The normalized spacial score (nSPS) is 23.1. The fourth-order valence-electron chi connectivity index (χ4n) is 2.63. The highest BCUT2D eigenvalue weighted by atomic mass is 79.9. The predicted molar refractivity (Wildman–Crippen MR) is 77.4 cm³/mol. The zero-order chi connectivity index (χ0) is 13.1. The van der Waals surface area contributed by atoms with E-state index < -0.39 is 0 Å². The lowest BCUT2D eigenvalue weighted by Gasteiger charge is -2.18. The lowest BCUT2D eigenvalue weighted by atomic mass is 9.95. The maximum Gasteiger partial charge on any atom is 0.227 e. The maximum absolute atomic E-state index is 12.3. The molecule has 1 saturated carbocycles. The van der Waals surface area contributed by atoms with E-state index in [1.54, 1.807) is 0 Å². The first-order valence-electron chi connectivity index (χ1n) is 6.39. The van der Waals surface area contributed by atoms with Gasteiger partial charge in [0, 0.05) is 16.1 Å². The zero-order valence-corrected chi connectivity index (χ0v) is 12.2. The Morgan fingerprint density at radius 3 is 3.00 bits per heavy atom. The summed E-state index contributed by atoms with van der Waals surface area (Å²) < 4.78 is 1.02. The first-order valence-corrected chi connectivity index (χ1v) is 7.19. The van der Waals surface area contributed by atoms with Gasteiger partial charge < -0.3 is 11.1 Å². The number of nitrogens with two attached hydrogens (primary N) is 1. The van der Waals surface area contributed by atoms with Crippen molar-refractivity contribution in [3.8, 4) is 0 Å². The van der Waals surface area contributed by atoms with Crippen molar-refractivity contribution in [2.45, 2.75) is 26.2 Å². The van der Waals surface area contributed by atoms with Gasteiger partial charge in [0.15, 0.2) is 0 Å². The van der Waals surface area contributed by atoms with Gasteiger partial charge in [0.2, 0.25) is 5.91 Å². The van der Waals surface area contributed by atoms with E-state index in [4.69, 9.17) is 5.73 Å². The topological polar surface area (TPSA) is 55.1 Å². The van der Waals surface area contributed by atoms with Crippen LogP contribution in [0.5, 0.6) is 0 Å². The van der Waals surface area contributed by atoms with Crippen LogP contribution in [0, 0.1) is 18.8 Å². The Bertz CT molecular complexity index is 447. The first kappa shape index (κ1) is 13.6. The second-order valence-corrected chi connectivity index (χ2v) is 5.79. The third kappa shape index (κ3) is 2.75. The van der Waals surface area contributed by atoms with E-state index in [1.807, 2.05) is 25.1 Å². The summed E-state index contributed by atoms with van der Waals surface area (Å²) in [5.41, 5.74) is 7.67. The second-order valence-electron chi connectivity index (χ2n) is 4.93. The molecule has 2 rings (SSSR count). The largest absolute Gasteiger partial charge is 0.330 e. The van der Waals surface area contributed by atoms with E-state index in [1.165, 1.54) is 0 Å². The van der Waals surface area contributed by atoms with Crippen molar-refractivity contribution in [2.24, 2.45) is 17.6 Å². The SMILES string of the molecule is Cc1c(Br)cccc1NC(=O)[C@@H]1CCC[C@@H]1CN. The van der Waals surface area contributed by atoms with Crippen LogP contribution in [0.2, 0.25) is 0 Å². The van der Waals surface area contributed by atoms with Crippen LogP contribution in [0.15, 0.2) is 22.7 Å². The van der Waals surface area contributed by atoms with Crippen molar-refractivity contribution in [1.82, 2.24) is 0 Å². The van der Waals surface area contributed by atoms with Gasteiger partial charge in [0.25, 0.3) is 0 Å². The number of nitrogens with one attached hydrogen (secondary N) is 1. The van der Waals surface area contributed by atoms with Gasteiger partial charge >= 0.3 is 0 Å². The molecule has 0 heterocycles. The summed E-state index contributed by atoms with van der Waals surface area (Å²) in [6.07, 6.45) is 3.14. The van der Waals surface area contributed by atoms with Crippen molar-refractivity contribution >= 4 is 27.5 Å². The number of anilines is 1. The molecule has 0 saturated heterocycles. The van der Waals surface area contributed by atoms with E-state index in [0.29, 0.717) is 12.5 Å². The molecule has 0 bridgehead atoms. The van der Waals surface area contributed by atoms with Crippen LogP contribution in [-0.2, 0) is 4.79 Å². The van der Waals surface area contributed by atoms with Gasteiger partial charge in [-0.15, -0.1) is 0 Å². The number of benzene rings is 1. The molecule has 3 N–H and O–H groups in total. The standard InChI is InChI=1S/C14H19BrN2O/c1-9-12(15)6-3-7-13(9)17-14(18)11-5-2-4-10(11)8-16/h3,6-7,10-11H,2,4-5,8,16H2,1H3,(H,17,18)/t10-,11-/m1/s1. The molecule has 0 spiro atoms. The van der Waals surface area contributed by atoms with Gasteiger partial charge in [-0.05, 0) is 49.9 Å². The molecule has 18 heavy (non-hydrogen) atoms. The Hall–Kier alpha value is -0.870. The summed E-state index contributed by atoms with van der Waals surface area (Å²) in [7, 11) is 0. The molecule has 0 aliphatic heterocycles. The number of carbonyl (C=O) groups excluding carboxylic acids is 1. The predicted octanol–water partition coefficient (Wildman–Crippen LogP) is 3.07. The average Bonchev–Trinajstić information content (AvgIpc) is 2.83. The Kier molecular flexibility index (Phi) is 4.40.